The van der Waals surface area contributed by atoms with Gasteiger partial charge in [0.1, 0.15) is 11.5 Å². The van der Waals surface area contributed by atoms with Gasteiger partial charge < -0.3 is 14.7 Å². The summed E-state index contributed by atoms with van der Waals surface area (Å²) in [5, 5.41) is 21.5. The third kappa shape index (κ3) is 3.50. The molecule has 144 valence electrons. The van der Waals surface area contributed by atoms with Crippen LogP contribution >= 0.6 is 0 Å². The SMILES string of the molecule is Cc1c(OC(c2ccc(C#N)cc2)c2cccc[n+]2[O-])ccc2c1OCCC2=O. The lowest BCUT2D eigenvalue weighted by Gasteiger charge is -2.23. The van der Waals surface area contributed by atoms with Crippen LogP contribution in [0.15, 0.2) is 60.8 Å². The van der Waals surface area contributed by atoms with E-state index in [1.165, 1.54) is 6.20 Å². The topological polar surface area (TPSA) is 86.3 Å². The van der Waals surface area contributed by atoms with Crippen LogP contribution in [0.1, 0.15) is 45.3 Å². The van der Waals surface area contributed by atoms with Gasteiger partial charge in [0.15, 0.2) is 12.0 Å². The second-order valence-corrected chi connectivity index (χ2v) is 6.77. The summed E-state index contributed by atoms with van der Waals surface area (Å²) in [6, 6.07) is 17.5. The van der Waals surface area contributed by atoms with Crippen LogP contribution in [0.25, 0.3) is 0 Å². The molecule has 0 saturated heterocycles. The molecule has 1 aliphatic rings. The number of carbonyl (C=O) groups excluding carboxylic acids is 1. The van der Waals surface area contributed by atoms with Crippen LogP contribution in [0, 0.1) is 23.5 Å². The van der Waals surface area contributed by atoms with Crippen molar-refractivity contribution in [2.75, 3.05) is 6.61 Å². The van der Waals surface area contributed by atoms with Crippen LogP contribution in [0.5, 0.6) is 11.5 Å². The summed E-state index contributed by atoms with van der Waals surface area (Å²) in [4.78, 5) is 12.1. The van der Waals surface area contributed by atoms with Crippen molar-refractivity contribution in [3.05, 3.63) is 93.9 Å². The lowest BCUT2D eigenvalue weighted by Crippen LogP contribution is -2.34. The first kappa shape index (κ1) is 18.5. The number of hydrogen-bond acceptors (Lipinski definition) is 5. The highest BCUT2D eigenvalue weighted by atomic mass is 16.5. The molecule has 1 atom stereocenters. The molecule has 6 nitrogen and oxygen atoms in total. The van der Waals surface area contributed by atoms with Gasteiger partial charge >= 0.3 is 0 Å². The smallest absolute Gasteiger partial charge is 0.238 e. The van der Waals surface area contributed by atoms with E-state index in [-0.39, 0.29) is 5.78 Å². The molecule has 4 rings (SSSR count). The largest absolute Gasteiger partial charge is 0.618 e. The molecule has 0 spiro atoms. The van der Waals surface area contributed by atoms with Crippen LogP contribution in [0.3, 0.4) is 0 Å². The van der Waals surface area contributed by atoms with Gasteiger partial charge in [-0.2, -0.15) is 9.99 Å². The Hall–Kier alpha value is -3.85. The Labute approximate surface area is 168 Å². The average molecular weight is 386 g/mol. The van der Waals surface area contributed by atoms with Gasteiger partial charge in [0, 0.05) is 29.7 Å². The molecule has 0 radical (unpaired) electrons. The first-order valence-electron chi connectivity index (χ1n) is 9.23. The maximum atomic E-state index is 12.4. The number of ketones is 1. The van der Waals surface area contributed by atoms with Crippen LogP contribution < -0.4 is 14.2 Å². The fraction of sp³-hybridized carbons (Fsp3) is 0.174. The zero-order valence-corrected chi connectivity index (χ0v) is 15.8. The summed E-state index contributed by atoms with van der Waals surface area (Å²) in [7, 11) is 0. The van der Waals surface area contributed by atoms with E-state index in [9.17, 15) is 10.0 Å². The fourth-order valence-electron chi connectivity index (χ4n) is 3.39. The number of benzene rings is 2. The molecule has 0 aliphatic carbocycles. The molecule has 0 amide bonds. The Kier molecular flexibility index (Phi) is 4.88. The zero-order valence-electron chi connectivity index (χ0n) is 15.8. The van der Waals surface area contributed by atoms with Crippen molar-refractivity contribution in [2.24, 2.45) is 0 Å². The average Bonchev–Trinajstić information content (AvgIpc) is 2.75. The van der Waals surface area contributed by atoms with E-state index in [0.29, 0.717) is 46.9 Å². The third-order valence-corrected chi connectivity index (χ3v) is 4.94. The minimum atomic E-state index is -0.697. The van der Waals surface area contributed by atoms with Crippen LogP contribution in [0.4, 0.5) is 0 Å². The highest BCUT2D eigenvalue weighted by molar-refractivity contribution is 6.00. The van der Waals surface area contributed by atoms with E-state index < -0.39 is 6.10 Å². The van der Waals surface area contributed by atoms with Crippen molar-refractivity contribution >= 4 is 5.78 Å². The normalized spacial score (nSPS) is 13.7. The van der Waals surface area contributed by atoms with Gasteiger partial charge in [-0.1, -0.05) is 12.1 Å². The van der Waals surface area contributed by atoms with Gasteiger partial charge in [0.05, 0.1) is 23.8 Å². The standard InChI is InChI=1S/C23H18N2O4/c1-15-21(10-9-18-20(26)11-13-28-22(15)18)29-23(19-4-2-3-12-25(19)27)17-7-5-16(14-24)6-8-17/h2-10,12,23H,11,13H2,1H3. The Morgan fingerprint density at radius 1 is 1.17 bits per heavy atom. The number of rotatable bonds is 4. The van der Waals surface area contributed by atoms with Gasteiger partial charge in [-0.15, -0.1) is 0 Å². The molecule has 0 bridgehead atoms. The summed E-state index contributed by atoms with van der Waals surface area (Å²) in [6.07, 6.45) is 1.08. The summed E-state index contributed by atoms with van der Waals surface area (Å²) < 4.78 is 12.7. The van der Waals surface area contributed by atoms with Crippen LogP contribution in [-0.4, -0.2) is 12.4 Å². The summed E-state index contributed by atoms with van der Waals surface area (Å²) >= 11 is 0. The molecule has 0 N–H and O–H groups in total. The number of hydrogen-bond donors (Lipinski definition) is 0. The van der Waals surface area contributed by atoms with E-state index in [4.69, 9.17) is 14.7 Å². The van der Waals surface area contributed by atoms with Gasteiger partial charge in [-0.05, 0) is 37.3 Å². The molecule has 0 fully saturated rings. The van der Waals surface area contributed by atoms with Crippen molar-refractivity contribution in [3.63, 3.8) is 0 Å². The lowest BCUT2D eigenvalue weighted by atomic mass is 10.0. The molecule has 2 heterocycles. The molecule has 29 heavy (non-hydrogen) atoms. The maximum Gasteiger partial charge on any atom is 0.238 e. The maximum absolute atomic E-state index is 12.4. The number of nitrogens with zero attached hydrogens (tertiary/aromatic N) is 2. The van der Waals surface area contributed by atoms with Gasteiger partial charge in [-0.25, -0.2) is 0 Å². The molecular weight excluding hydrogens is 368 g/mol. The molecule has 0 saturated carbocycles. The number of carbonyl (C=O) groups is 1. The highest BCUT2D eigenvalue weighted by Crippen LogP contribution is 2.37. The monoisotopic (exact) mass is 386 g/mol. The number of nitriles is 1. The van der Waals surface area contributed by atoms with Gasteiger partial charge in [0.25, 0.3) is 0 Å². The number of aromatic nitrogens is 1. The predicted molar refractivity (Wildman–Crippen MR) is 105 cm³/mol. The molecule has 3 aromatic rings. The second kappa shape index (κ2) is 7.64. The lowest BCUT2D eigenvalue weighted by molar-refractivity contribution is -0.617. The minimum Gasteiger partial charge on any atom is -0.618 e. The summed E-state index contributed by atoms with van der Waals surface area (Å²) in [6.45, 7) is 2.17. The minimum absolute atomic E-state index is 0.0463. The molecule has 1 aliphatic heterocycles. The molecule has 2 aromatic carbocycles. The predicted octanol–water partition coefficient (Wildman–Crippen LogP) is 3.63. The van der Waals surface area contributed by atoms with Gasteiger partial charge in [-0.3, -0.25) is 4.79 Å². The summed E-state index contributed by atoms with van der Waals surface area (Å²) in [5.74, 6) is 1.10. The van der Waals surface area contributed by atoms with Gasteiger partial charge in [0.2, 0.25) is 11.8 Å². The number of fused-ring (bicyclic) bond motifs is 1. The molecule has 1 aromatic heterocycles. The Morgan fingerprint density at radius 2 is 1.97 bits per heavy atom. The van der Waals surface area contributed by atoms with E-state index in [0.717, 1.165) is 10.3 Å². The van der Waals surface area contributed by atoms with E-state index >= 15 is 0 Å². The molecular formula is C23H18N2O4. The molecule has 1 unspecified atom stereocenters. The number of Topliss-reactive ketones (excluding diaryl/α,β-unsaturated/α-hetero) is 1. The van der Waals surface area contributed by atoms with E-state index in [1.54, 1.807) is 54.6 Å². The third-order valence-electron chi connectivity index (χ3n) is 4.94. The Morgan fingerprint density at radius 3 is 2.69 bits per heavy atom. The van der Waals surface area contributed by atoms with E-state index in [2.05, 4.69) is 6.07 Å². The first-order chi connectivity index (χ1) is 14.1. The quantitative estimate of drug-likeness (QED) is 0.505. The second-order valence-electron chi connectivity index (χ2n) is 6.77. The number of ether oxygens (including phenoxy) is 2. The van der Waals surface area contributed by atoms with Crippen LogP contribution in [0.2, 0.25) is 0 Å². The van der Waals surface area contributed by atoms with Crippen LogP contribution in [-0.2, 0) is 0 Å². The zero-order chi connectivity index (χ0) is 20.4. The Bertz CT molecular complexity index is 1120. The van der Waals surface area contributed by atoms with Crippen molar-refractivity contribution < 1.29 is 19.0 Å². The van der Waals surface area contributed by atoms with Crippen molar-refractivity contribution in [1.82, 2.24) is 0 Å². The van der Waals surface area contributed by atoms with Crippen molar-refractivity contribution in [3.8, 4) is 17.6 Å². The number of pyridine rings is 1. The fourth-order valence-corrected chi connectivity index (χ4v) is 3.39. The van der Waals surface area contributed by atoms with E-state index in [1.807, 2.05) is 6.92 Å². The highest BCUT2D eigenvalue weighted by Gasteiger charge is 2.27. The van der Waals surface area contributed by atoms with Crippen molar-refractivity contribution in [2.45, 2.75) is 19.4 Å². The van der Waals surface area contributed by atoms with Crippen molar-refractivity contribution in [1.29, 1.82) is 5.26 Å². The summed E-state index contributed by atoms with van der Waals surface area (Å²) in [5.41, 5.74) is 2.92. The molecule has 6 heteroatoms. The first-order valence-corrected chi connectivity index (χ1v) is 9.23. The Balaban J connectivity index is 1.78.